The first kappa shape index (κ1) is 11.5. The van der Waals surface area contributed by atoms with Gasteiger partial charge in [-0.25, -0.2) is 0 Å². The second-order valence-electron chi connectivity index (χ2n) is 4.26. The number of carbonyl (C=O) groups is 1. The number of ketones is 1. The number of pyridine rings is 1. The summed E-state index contributed by atoms with van der Waals surface area (Å²) in [5.74, 6) is 0.0807. The largest absolute Gasteiger partial charge is 0.295 e. The Morgan fingerprint density at radius 3 is 2.59 bits per heavy atom. The molecule has 0 N–H and O–H groups in total. The van der Waals surface area contributed by atoms with E-state index < -0.39 is 0 Å². The number of benzene rings is 1. The van der Waals surface area contributed by atoms with Gasteiger partial charge in [0, 0.05) is 16.8 Å². The lowest BCUT2D eigenvalue weighted by molar-refractivity contribution is 0.101. The van der Waals surface area contributed by atoms with Gasteiger partial charge in [-0.15, -0.1) is 0 Å². The number of hydrogen-bond donors (Lipinski definition) is 0. The summed E-state index contributed by atoms with van der Waals surface area (Å²) in [6, 6.07) is 11.7. The molecule has 0 aliphatic rings. The molecule has 2 heteroatoms. The average Bonchev–Trinajstić information content (AvgIpc) is 2.32. The van der Waals surface area contributed by atoms with Crippen LogP contribution in [0.25, 0.3) is 11.3 Å². The predicted octanol–water partition coefficient (Wildman–Crippen LogP) is 3.57. The number of carbonyl (C=O) groups excluding carboxylic acids is 1. The highest BCUT2D eigenvalue weighted by Crippen LogP contribution is 2.22. The van der Waals surface area contributed by atoms with E-state index >= 15 is 0 Å². The van der Waals surface area contributed by atoms with Gasteiger partial charge >= 0.3 is 0 Å². The molecule has 0 amide bonds. The van der Waals surface area contributed by atoms with Gasteiger partial charge in [-0.1, -0.05) is 24.3 Å². The van der Waals surface area contributed by atoms with Crippen molar-refractivity contribution in [1.82, 2.24) is 4.98 Å². The van der Waals surface area contributed by atoms with Gasteiger partial charge in [0.15, 0.2) is 5.78 Å². The number of aryl methyl sites for hydroxylation is 2. The number of rotatable bonds is 2. The van der Waals surface area contributed by atoms with E-state index in [9.17, 15) is 4.79 Å². The molecule has 0 saturated heterocycles. The normalized spacial score (nSPS) is 10.3. The molecule has 0 aliphatic carbocycles. The van der Waals surface area contributed by atoms with Gasteiger partial charge in [0.2, 0.25) is 0 Å². The molecule has 0 atom stereocenters. The Bertz CT molecular complexity index is 573. The molecule has 2 nitrogen and oxygen atoms in total. The van der Waals surface area contributed by atoms with Gasteiger partial charge in [0.05, 0.1) is 5.69 Å². The third-order valence-electron chi connectivity index (χ3n) is 2.78. The van der Waals surface area contributed by atoms with Crippen LogP contribution in [0.3, 0.4) is 0 Å². The molecule has 17 heavy (non-hydrogen) atoms. The molecule has 0 unspecified atom stereocenters. The van der Waals surface area contributed by atoms with Crippen molar-refractivity contribution < 1.29 is 4.79 Å². The van der Waals surface area contributed by atoms with E-state index in [0.717, 1.165) is 28.1 Å². The molecule has 0 spiro atoms. The summed E-state index contributed by atoms with van der Waals surface area (Å²) in [6.07, 6.45) is 0. The summed E-state index contributed by atoms with van der Waals surface area (Å²) >= 11 is 0. The number of nitrogens with zero attached hydrogens (tertiary/aromatic N) is 1. The van der Waals surface area contributed by atoms with Crippen LogP contribution in [-0.2, 0) is 0 Å². The molecule has 0 saturated carbocycles. The van der Waals surface area contributed by atoms with E-state index in [1.54, 1.807) is 6.92 Å². The molecule has 0 bridgehead atoms. The second-order valence-corrected chi connectivity index (χ2v) is 4.26. The maximum absolute atomic E-state index is 11.4. The van der Waals surface area contributed by atoms with Crippen molar-refractivity contribution in [3.8, 4) is 11.3 Å². The Balaban J connectivity index is 2.56. The fraction of sp³-hybridized carbons (Fsp3) is 0.200. The van der Waals surface area contributed by atoms with E-state index in [-0.39, 0.29) is 5.78 Å². The van der Waals surface area contributed by atoms with Crippen molar-refractivity contribution in [2.45, 2.75) is 20.8 Å². The van der Waals surface area contributed by atoms with Crippen LogP contribution < -0.4 is 0 Å². The van der Waals surface area contributed by atoms with Crippen molar-refractivity contribution in [3.05, 3.63) is 53.2 Å². The number of hydrogen-bond acceptors (Lipinski definition) is 2. The van der Waals surface area contributed by atoms with Crippen LogP contribution in [-0.4, -0.2) is 10.8 Å². The first-order valence-electron chi connectivity index (χ1n) is 5.63. The maximum atomic E-state index is 11.4. The van der Waals surface area contributed by atoms with Gasteiger partial charge in [0.1, 0.15) is 0 Å². The molecule has 2 aromatic rings. The van der Waals surface area contributed by atoms with Crippen LogP contribution in [0.5, 0.6) is 0 Å². The van der Waals surface area contributed by atoms with Crippen molar-refractivity contribution in [2.75, 3.05) is 0 Å². The first-order valence-corrected chi connectivity index (χ1v) is 5.63. The Hall–Kier alpha value is -1.96. The van der Waals surface area contributed by atoms with E-state index in [0.29, 0.717) is 0 Å². The van der Waals surface area contributed by atoms with Crippen molar-refractivity contribution in [3.63, 3.8) is 0 Å². The molecule has 0 radical (unpaired) electrons. The minimum absolute atomic E-state index is 0.0807. The average molecular weight is 225 g/mol. The third-order valence-corrected chi connectivity index (χ3v) is 2.78. The van der Waals surface area contributed by atoms with Gasteiger partial charge < -0.3 is 0 Å². The molecule has 0 aliphatic heterocycles. The van der Waals surface area contributed by atoms with Crippen LogP contribution in [0.1, 0.15) is 28.5 Å². The topological polar surface area (TPSA) is 30.0 Å². The molecular formula is C15H15NO. The smallest absolute Gasteiger partial charge is 0.159 e. The lowest BCUT2D eigenvalue weighted by atomic mass is 10.0. The zero-order valence-corrected chi connectivity index (χ0v) is 10.3. The number of aromatic nitrogens is 1. The highest BCUT2D eigenvalue weighted by molar-refractivity contribution is 5.95. The minimum atomic E-state index is 0.0807. The van der Waals surface area contributed by atoms with Gasteiger partial charge in [-0.2, -0.15) is 0 Å². The van der Waals surface area contributed by atoms with Crippen LogP contribution in [0.2, 0.25) is 0 Å². The highest BCUT2D eigenvalue weighted by atomic mass is 16.1. The fourth-order valence-electron chi connectivity index (χ4n) is 1.80. The van der Waals surface area contributed by atoms with Crippen molar-refractivity contribution >= 4 is 5.78 Å². The Morgan fingerprint density at radius 1 is 1.12 bits per heavy atom. The van der Waals surface area contributed by atoms with Gasteiger partial charge in [0.25, 0.3) is 0 Å². The van der Waals surface area contributed by atoms with E-state index in [2.05, 4.69) is 11.1 Å². The second kappa shape index (κ2) is 4.50. The Labute approximate surface area is 101 Å². The lowest BCUT2D eigenvalue weighted by Crippen LogP contribution is -1.95. The summed E-state index contributed by atoms with van der Waals surface area (Å²) in [5, 5.41) is 0. The molecule has 86 valence electrons. The predicted molar refractivity (Wildman–Crippen MR) is 69.2 cm³/mol. The van der Waals surface area contributed by atoms with Crippen LogP contribution >= 0.6 is 0 Å². The molecular weight excluding hydrogens is 210 g/mol. The van der Waals surface area contributed by atoms with E-state index in [4.69, 9.17) is 0 Å². The fourth-order valence-corrected chi connectivity index (χ4v) is 1.80. The van der Waals surface area contributed by atoms with Gasteiger partial charge in [-0.05, 0) is 38.5 Å². The minimum Gasteiger partial charge on any atom is -0.295 e. The first-order chi connectivity index (χ1) is 8.08. The summed E-state index contributed by atoms with van der Waals surface area (Å²) in [4.78, 5) is 15.9. The standard InChI is InChI=1S/C15H15NO/c1-10-7-8-11(2)16-15(10)14-6-4-5-13(9-14)12(3)17/h4-9H,1-3H3. The third kappa shape index (κ3) is 2.41. The summed E-state index contributed by atoms with van der Waals surface area (Å²) in [7, 11) is 0. The maximum Gasteiger partial charge on any atom is 0.159 e. The SMILES string of the molecule is CC(=O)c1cccc(-c2nc(C)ccc2C)c1. The monoisotopic (exact) mass is 225 g/mol. The van der Waals surface area contributed by atoms with E-state index in [1.165, 1.54) is 0 Å². The van der Waals surface area contributed by atoms with Crippen LogP contribution in [0.4, 0.5) is 0 Å². The summed E-state index contributed by atoms with van der Waals surface area (Å²) < 4.78 is 0. The molecule has 1 aromatic carbocycles. The summed E-state index contributed by atoms with van der Waals surface area (Å²) in [6.45, 7) is 5.58. The van der Waals surface area contributed by atoms with Gasteiger partial charge in [-0.3, -0.25) is 9.78 Å². The van der Waals surface area contributed by atoms with E-state index in [1.807, 2.05) is 44.2 Å². The Kier molecular flexibility index (Phi) is 3.05. The summed E-state index contributed by atoms with van der Waals surface area (Å²) in [5.41, 5.74) is 4.78. The quantitative estimate of drug-likeness (QED) is 0.731. The lowest BCUT2D eigenvalue weighted by Gasteiger charge is -2.07. The molecule has 0 fully saturated rings. The zero-order valence-electron chi connectivity index (χ0n) is 10.3. The van der Waals surface area contributed by atoms with Crippen molar-refractivity contribution in [1.29, 1.82) is 0 Å². The van der Waals surface area contributed by atoms with Crippen LogP contribution in [0, 0.1) is 13.8 Å². The molecule has 2 rings (SSSR count). The molecule has 1 aromatic heterocycles. The zero-order chi connectivity index (χ0) is 12.4. The highest BCUT2D eigenvalue weighted by Gasteiger charge is 2.06. The van der Waals surface area contributed by atoms with Crippen molar-refractivity contribution in [2.24, 2.45) is 0 Å². The Morgan fingerprint density at radius 2 is 1.88 bits per heavy atom. The van der Waals surface area contributed by atoms with Crippen LogP contribution in [0.15, 0.2) is 36.4 Å². The number of Topliss-reactive ketones (excluding diaryl/α,β-unsaturated/α-hetero) is 1. The molecule has 1 heterocycles.